The van der Waals surface area contributed by atoms with Crippen LogP contribution in [-0.2, 0) is 9.09 Å². The first-order chi connectivity index (χ1) is 4.56. The lowest BCUT2D eigenvalue weighted by Crippen LogP contribution is -2.08. The fraction of sp³-hybridized carbons (Fsp3) is 0.800. The Morgan fingerprint density at radius 2 is 2.20 bits per heavy atom. The van der Waals surface area contributed by atoms with E-state index in [1.807, 2.05) is 0 Å². The van der Waals surface area contributed by atoms with Crippen molar-refractivity contribution in [3.8, 4) is 0 Å². The van der Waals surface area contributed by atoms with Gasteiger partial charge in [0.25, 0.3) is 0 Å². The highest BCUT2D eigenvalue weighted by Crippen LogP contribution is 2.49. The minimum Gasteiger partial charge on any atom is -0.301 e. The predicted molar refractivity (Wildman–Crippen MR) is 42.5 cm³/mol. The van der Waals surface area contributed by atoms with Crippen molar-refractivity contribution in [2.45, 2.75) is 6.92 Å². The molecule has 0 spiro atoms. The van der Waals surface area contributed by atoms with Crippen molar-refractivity contribution in [3.63, 3.8) is 0 Å². The van der Waals surface area contributed by atoms with Crippen molar-refractivity contribution in [3.05, 3.63) is 0 Å². The quantitative estimate of drug-likeness (QED) is 0.465. The molecular formula is C5H13N2O2P. The number of hydrogen-bond acceptors (Lipinski definition) is 2. The van der Waals surface area contributed by atoms with Crippen molar-refractivity contribution in [2.75, 3.05) is 20.7 Å². The van der Waals surface area contributed by atoms with E-state index in [1.54, 1.807) is 21.0 Å². The summed E-state index contributed by atoms with van der Waals surface area (Å²) in [4.78, 5) is 0. The summed E-state index contributed by atoms with van der Waals surface area (Å²) < 4.78 is 21.1. The molecule has 10 heavy (non-hydrogen) atoms. The summed E-state index contributed by atoms with van der Waals surface area (Å²) >= 11 is 0. The molecule has 0 aromatic heterocycles. The molecule has 0 saturated heterocycles. The van der Waals surface area contributed by atoms with Crippen molar-refractivity contribution in [2.24, 2.45) is 4.76 Å². The highest BCUT2D eigenvalue weighted by Gasteiger charge is 2.22. The van der Waals surface area contributed by atoms with Gasteiger partial charge in [-0.15, -0.1) is 0 Å². The summed E-state index contributed by atoms with van der Waals surface area (Å²) in [5.41, 5.74) is 0. The lowest BCUT2D eigenvalue weighted by atomic mass is 10.9. The van der Waals surface area contributed by atoms with E-state index in [1.165, 1.54) is 4.67 Å². The van der Waals surface area contributed by atoms with Gasteiger partial charge in [-0.05, 0) is 27.7 Å². The average molecular weight is 164 g/mol. The normalized spacial score (nSPS) is 16.8. The Kier molecular flexibility index (Phi) is 3.79. The Morgan fingerprint density at radius 1 is 1.70 bits per heavy atom. The van der Waals surface area contributed by atoms with Crippen LogP contribution in [0.2, 0.25) is 0 Å². The van der Waals surface area contributed by atoms with Gasteiger partial charge in [0.05, 0.1) is 6.61 Å². The molecule has 0 bridgehead atoms. The highest BCUT2D eigenvalue weighted by molar-refractivity contribution is 7.55. The topological polar surface area (TPSA) is 41.9 Å². The molecule has 0 heterocycles. The molecule has 1 atom stereocenters. The zero-order valence-corrected chi connectivity index (χ0v) is 7.47. The molecule has 0 fully saturated rings. The van der Waals surface area contributed by atoms with Crippen LogP contribution in [0.15, 0.2) is 4.76 Å². The zero-order chi connectivity index (χ0) is 8.20. The molecule has 5 heteroatoms. The SMILES string of the molecule is C=NP(=O)(OCC)N(C)C. The molecule has 0 N–H and O–H groups in total. The molecule has 0 aromatic carbocycles. The van der Waals surface area contributed by atoms with Crippen LogP contribution < -0.4 is 0 Å². The van der Waals surface area contributed by atoms with Gasteiger partial charge in [-0.1, -0.05) is 0 Å². The molecule has 0 aromatic rings. The lowest BCUT2D eigenvalue weighted by Gasteiger charge is -2.17. The van der Waals surface area contributed by atoms with Gasteiger partial charge < -0.3 is 4.52 Å². The second-order valence-corrected chi connectivity index (χ2v) is 4.22. The Hall–Kier alpha value is -0.180. The second-order valence-electron chi connectivity index (χ2n) is 1.90. The summed E-state index contributed by atoms with van der Waals surface area (Å²) in [6, 6.07) is 0. The lowest BCUT2D eigenvalue weighted by molar-refractivity contribution is 0.298. The summed E-state index contributed by atoms with van der Waals surface area (Å²) in [6.07, 6.45) is 0. The number of rotatable bonds is 4. The summed E-state index contributed by atoms with van der Waals surface area (Å²) in [7, 11) is 0.363. The largest absolute Gasteiger partial charge is 0.388 e. The first-order valence-corrected chi connectivity index (χ1v) is 4.50. The van der Waals surface area contributed by atoms with Crippen molar-refractivity contribution in [1.82, 2.24) is 4.67 Å². The van der Waals surface area contributed by atoms with Gasteiger partial charge in [0.15, 0.2) is 0 Å². The molecule has 1 unspecified atom stereocenters. The van der Waals surface area contributed by atoms with E-state index < -0.39 is 7.67 Å². The maximum atomic E-state index is 11.4. The monoisotopic (exact) mass is 164 g/mol. The third kappa shape index (κ3) is 2.21. The molecule has 0 aliphatic heterocycles. The Labute approximate surface area is 61.5 Å². The van der Waals surface area contributed by atoms with Crippen LogP contribution in [0.4, 0.5) is 0 Å². The number of hydrogen-bond donors (Lipinski definition) is 0. The van der Waals surface area contributed by atoms with E-state index in [-0.39, 0.29) is 0 Å². The minimum atomic E-state index is -2.92. The maximum Gasteiger partial charge on any atom is 0.388 e. The van der Waals surface area contributed by atoms with Gasteiger partial charge in [-0.3, -0.25) is 0 Å². The van der Waals surface area contributed by atoms with Crippen LogP contribution in [-0.4, -0.2) is 32.1 Å². The van der Waals surface area contributed by atoms with E-state index >= 15 is 0 Å². The Bertz CT molecular complexity index is 158. The van der Waals surface area contributed by atoms with E-state index in [4.69, 9.17) is 4.52 Å². The molecule has 0 saturated carbocycles. The molecule has 0 amide bonds. The minimum absolute atomic E-state index is 0.383. The smallest absolute Gasteiger partial charge is 0.301 e. The fourth-order valence-corrected chi connectivity index (χ4v) is 1.35. The second kappa shape index (κ2) is 3.86. The average Bonchev–Trinajstić information content (AvgIpc) is 1.88. The van der Waals surface area contributed by atoms with Crippen molar-refractivity contribution >= 4 is 14.4 Å². The molecule has 0 aliphatic rings. The van der Waals surface area contributed by atoms with Gasteiger partial charge >= 0.3 is 7.67 Å². The van der Waals surface area contributed by atoms with E-state index in [9.17, 15) is 4.57 Å². The van der Waals surface area contributed by atoms with Crippen LogP contribution in [0, 0.1) is 0 Å². The third-order valence-electron chi connectivity index (χ3n) is 0.981. The van der Waals surface area contributed by atoms with Crippen molar-refractivity contribution < 1.29 is 9.09 Å². The number of nitrogens with zero attached hydrogens (tertiary/aromatic N) is 2. The van der Waals surface area contributed by atoms with Gasteiger partial charge in [0.1, 0.15) is 0 Å². The maximum absolute atomic E-state index is 11.4. The van der Waals surface area contributed by atoms with Gasteiger partial charge in [0, 0.05) is 0 Å². The molecule has 60 valence electrons. The summed E-state index contributed by atoms with van der Waals surface area (Å²) in [5, 5.41) is 0. The first-order valence-electron chi connectivity index (χ1n) is 2.97. The van der Waals surface area contributed by atoms with Crippen molar-refractivity contribution in [1.29, 1.82) is 0 Å². The summed E-state index contributed by atoms with van der Waals surface area (Å²) in [5.74, 6) is 0. The standard InChI is InChI=1S/C5H13N2O2P/c1-5-9-10(8,6-2)7(3)4/h2,5H2,1,3-4H3. The van der Waals surface area contributed by atoms with Crippen LogP contribution in [0.5, 0.6) is 0 Å². The van der Waals surface area contributed by atoms with Crippen LogP contribution in [0.25, 0.3) is 0 Å². The van der Waals surface area contributed by atoms with Crippen LogP contribution >= 0.6 is 7.67 Å². The molecule has 0 rings (SSSR count). The first kappa shape index (κ1) is 9.82. The Morgan fingerprint density at radius 3 is 2.30 bits per heavy atom. The molecular weight excluding hydrogens is 151 g/mol. The predicted octanol–water partition coefficient (Wildman–Crippen LogP) is 1.39. The molecule has 4 nitrogen and oxygen atoms in total. The fourth-order valence-electron chi connectivity index (χ4n) is 0.451. The summed E-state index contributed by atoms with van der Waals surface area (Å²) in [6.45, 7) is 5.34. The van der Waals surface area contributed by atoms with E-state index in [2.05, 4.69) is 11.5 Å². The van der Waals surface area contributed by atoms with E-state index in [0.717, 1.165) is 0 Å². The van der Waals surface area contributed by atoms with Gasteiger partial charge in [0.2, 0.25) is 0 Å². The molecule has 0 aliphatic carbocycles. The van der Waals surface area contributed by atoms with Crippen LogP contribution in [0.3, 0.4) is 0 Å². The third-order valence-corrected chi connectivity index (χ3v) is 2.94. The van der Waals surface area contributed by atoms with Gasteiger partial charge in [-0.2, -0.15) is 0 Å². The Balaban J connectivity index is 4.24. The highest BCUT2D eigenvalue weighted by atomic mass is 31.2. The van der Waals surface area contributed by atoms with Crippen LogP contribution in [0.1, 0.15) is 6.92 Å². The molecule has 0 radical (unpaired) electrons. The van der Waals surface area contributed by atoms with Gasteiger partial charge in [-0.25, -0.2) is 14.0 Å². The zero-order valence-electron chi connectivity index (χ0n) is 6.57. The van der Waals surface area contributed by atoms with E-state index in [0.29, 0.717) is 6.61 Å².